The third-order valence-electron chi connectivity index (χ3n) is 0.624. The van der Waals surface area contributed by atoms with Crippen LogP contribution < -0.4 is 5.32 Å². The lowest BCUT2D eigenvalue weighted by atomic mass is 10.4. The van der Waals surface area contributed by atoms with E-state index in [1.54, 1.807) is 6.92 Å². The quantitative estimate of drug-likeness (QED) is 0.549. The summed E-state index contributed by atoms with van der Waals surface area (Å²) in [6.07, 6.45) is 0. The van der Waals surface area contributed by atoms with Gasteiger partial charge in [0.15, 0.2) is 0 Å². The van der Waals surface area contributed by atoms with E-state index in [0.717, 1.165) is 6.54 Å². The third kappa shape index (κ3) is 5.63. The Kier molecular flexibility index (Phi) is 3.61. The average Bonchev–Trinajstić information content (AvgIpc) is 1.61. The van der Waals surface area contributed by atoms with Crippen molar-refractivity contribution in [2.75, 3.05) is 13.1 Å². The summed E-state index contributed by atoms with van der Waals surface area (Å²) in [6.45, 7) is 4.93. The molecule has 0 aromatic heterocycles. The Balaban J connectivity index is 2.82. The molecule has 0 fully saturated rings. The first-order valence-electron chi connectivity index (χ1n) is 2.47. The fraction of sp³-hybridized carbons (Fsp3) is 0.800. The molecule has 0 aliphatic carbocycles. The molecule has 0 bridgehead atoms. The van der Waals surface area contributed by atoms with E-state index in [9.17, 15) is 4.79 Å². The third-order valence-corrected chi connectivity index (χ3v) is 0.624. The van der Waals surface area contributed by atoms with E-state index < -0.39 is 0 Å². The van der Waals surface area contributed by atoms with Gasteiger partial charge in [-0.2, -0.15) is 0 Å². The second-order valence-electron chi connectivity index (χ2n) is 1.48. The molecule has 7 heavy (non-hydrogen) atoms. The van der Waals surface area contributed by atoms with Crippen LogP contribution in [0.3, 0.4) is 0 Å². The number of likely N-dealkylation sites (N-methyl/N-ethyl adjacent to an activating group) is 1. The SMILES string of the molecule is CCNCC(C)=O. The van der Waals surface area contributed by atoms with Crippen LogP contribution in [0, 0.1) is 0 Å². The number of nitrogens with one attached hydrogen (secondary N) is 1. The van der Waals surface area contributed by atoms with Crippen LogP contribution in [-0.2, 0) is 4.79 Å². The van der Waals surface area contributed by atoms with Crippen LogP contribution in [-0.4, -0.2) is 18.9 Å². The van der Waals surface area contributed by atoms with Gasteiger partial charge >= 0.3 is 0 Å². The maximum Gasteiger partial charge on any atom is 0.143 e. The van der Waals surface area contributed by atoms with Gasteiger partial charge in [-0.25, -0.2) is 0 Å². The largest absolute Gasteiger partial charge is 0.310 e. The minimum Gasteiger partial charge on any atom is -0.310 e. The van der Waals surface area contributed by atoms with Gasteiger partial charge < -0.3 is 5.32 Å². The number of carbonyl (C=O) groups excluding carboxylic acids is 1. The molecule has 0 spiro atoms. The summed E-state index contributed by atoms with van der Waals surface area (Å²) >= 11 is 0. The minimum atomic E-state index is 0.196. The van der Waals surface area contributed by atoms with Gasteiger partial charge in [0.25, 0.3) is 0 Å². The van der Waals surface area contributed by atoms with E-state index in [1.807, 2.05) is 6.92 Å². The van der Waals surface area contributed by atoms with Crippen molar-refractivity contribution in [1.82, 2.24) is 5.32 Å². The molecule has 1 N–H and O–H groups in total. The number of carbonyl (C=O) groups is 1. The lowest BCUT2D eigenvalue weighted by Gasteiger charge is -1.91. The summed E-state index contributed by atoms with van der Waals surface area (Å²) in [7, 11) is 0. The van der Waals surface area contributed by atoms with Crippen LogP contribution in [0.25, 0.3) is 0 Å². The summed E-state index contributed by atoms with van der Waals surface area (Å²) < 4.78 is 0. The van der Waals surface area contributed by atoms with Gasteiger partial charge in [-0.15, -0.1) is 0 Å². The summed E-state index contributed by atoms with van der Waals surface area (Å²) in [5.74, 6) is 0.196. The number of ketones is 1. The Labute approximate surface area is 43.9 Å². The van der Waals surface area contributed by atoms with Gasteiger partial charge in [0.05, 0.1) is 6.54 Å². The van der Waals surface area contributed by atoms with Crippen molar-refractivity contribution >= 4 is 5.78 Å². The number of Topliss-reactive ketones (excluding diaryl/α,β-unsaturated/α-hetero) is 1. The second kappa shape index (κ2) is 3.81. The molecule has 0 aliphatic rings. The van der Waals surface area contributed by atoms with E-state index in [0.29, 0.717) is 6.54 Å². The molecule has 0 aromatic carbocycles. The molecule has 42 valence electrons. The molecule has 0 heterocycles. The van der Waals surface area contributed by atoms with Crippen molar-refractivity contribution in [3.05, 3.63) is 0 Å². The first-order chi connectivity index (χ1) is 3.27. The minimum absolute atomic E-state index is 0.196. The second-order valence-corrected chi connectivity index (χ2v) is 1.48. The Morgan fingerprint density at radius 1 is 1.71 bits per heavy atom. The molecule has 2 nitrogen and oxygen atoms in total. The van der Waals surface area contributed by atoms with Crippen molar-refractivity contribution < 1.29 is 4.79 Å². The maximum absolute atomic E-state index is 10.1. The molecule has 0 atom stereocenters. The fourth-order valence-electron chi connectivity index (χ4n) is 0.301. The van der Waals surface area contributed by atoms with E-state index in [2.05, 4.69) is 5.32 Å². The van der Waals surface area contributed by atoms with Crippen molar-refractivity contribution in [3.8, 4) is 0 Å². The van der Waals surface area contributed by atoms with Crippen LogP contribution in [0.1, 0.15) is 13.8 Å². The molecule has 0 saturated carbocycles. The van der Waals surface area contributed by atoms with Crippen molar-refractivity contribution in [2.24, 2.45) is 0 Å². The predicted octanol–water partition coefficient (Wildman–Crippen LogP) is 0.185. The van der Waals surface area contributed by atoms with E-state index in [-0.39, 0.29) is 5.78 Å². The predicted molar refractivity (Wildman–Crippen MR) is 29.2 cm³/mol. The zero-order valence-corrected chi connectivity index (χ0v) is 4.82. The highest BCUT2D eigenvalue weighted by Crippen LogP contribution is 1.61. The van der Waals surface area contributed by atoms with E-state index in [1.165, 1.54) is 0 Å². The fourth-order valence-corrected chi connectivity index (χ4v) is 0.301. The number of hydrogen-bond donors (Lipinski definition) is 1. The van der Waals surface area contributed by atoms with E-state index in [4.69, 9.17) is 0 Å². The zero-order valence-electron chi connectivity index (χ0n) is 4.82. The van der Waals surface area contributed by atoms with Crippen LogP contribution in [0.15, 0.2) is 0 Å². The van der Waals surface area contributed by atoms with Gasteiger partial charge in [0.2, 0.25) is 0 Å². The highest BCUT2D eigenvalue weighted by molar-refractivity contribution is 5.77. The van der Waals surface area contributed by atoms with Crippen LogP contribution >= 0.6 is 0 Å². The van der Waals surface area contributed by atoms with Crippen LogP contribution in [0.4, 0.5) is 0 Å². The first kappa shape index (κ1) is 6.63. The van der Waals surface area contributed by atoms with Crippen molar-refractivity contribution in [2.45, 2.75) is 13.8 Å². The van der Waals surface area contributed by atoms with Crippen molar-refractivity contribution in [1.29, 1.82) is 0 Å². The summed E-state index contributed by atoms with van der Waals surface area (Å²) in [5.41, 5.74) is 0. The number of hydrogen-bond acceptors (Lipinski definition) is 2. The van der Waals surface area contributed by atoms with Gasteiger partial charge in [0.1, 0.15) is 5.78 Å². The average molecular weight is 101 g/mol. The highest BCUT2D eigenvalue weighted by Gasteiger charge is 1.85. The Morgan fingerprint density at radius 2 is 2.29 bits per heavy atom. The lowest BCUT2D eigenvalue weighted by molar-refractivity contribution is -0.116. The van der Waals surface area contributed by atoms with Crippen LogP contribution in [0.2, 0.25) is 0 Å². The molecule has 0 saturated heterocycles. The summed E-state index contributed by atoms with van der Waals surface area (Å²) in [6, 6.07) is 0. The molecule has 0 unspecified atom stereocenters. The van der Waals surface area contributed by atoms with Gasteiger partial charge in [-0.05, 0) is 13.5 Å². The van der Waals surface area contributed by atoms with E-state index >= 15 is 0 Å². The normalized spacial score (nSPS) is 8.86. The Morgan fingerprint density at radius 3 is 2.43 bits per heavy atom. The highest BCUT2D eigenvalue weighted by atomic mass is 16.1. The zero-order chi connectivity index (χ0) is 5.70. The Hall–Kier alpha value is -0.370. The summed E-state index contributed by atoms with van der Waals surface area (Å²) in [4.78, 5) is 10.1. The first-order valence-corrected chi connectivity index (χ1v) is 2.47. The molecular weight excluding hydrogens is 90.1 g/mol. The molecule has 0 amide bonds. The summed E-state index contributed by atoms with van der Waals surface area (Å²) in [5, 5.41) is 2.90. The number of rotatable bonds is 3. The topological polar surface area (TPSA) is 29.1 Å². The maximum atomic E-state index is 10.1. The monoisotopic (exact) mass is 101 g/mol. The van der Waals surface area contributed by atoms with Crippen molar-refractivity contribution in [3.63, 3.8) is 0 Å². The van der Waals surface area contributed by atoms with Gasteiger partial charge in [0, 0.05) is 0 Å². The molecular formula is C5H11NO. The smallest absolute Gasteiger partial charge is 0.143 e. The lowest BCUT2D eigenvalue weighted by Crippen LogP contribution is -2.19. The standard InChI is InChI=1S/C5H11NO/c1-3-6-4-5(2)7/h6H,3-4H2,1-2H3. The molecule has 2 heteroatoms. The molecule has 0 rings (SSSR count). The van der Waals surface area contributed by atoms with Crippen LogP contribution in [0.5, 0.6) is 0 Å². The molecule has 0 aromatic rings. The molecule has 0 aliphatic heterocycles. The van der Waals surface area contributed by atoms with Gasteiger partial charge in [-0.1, -0.05) is 6.92 Å². The van der Waals surface area contributed by atoms with Gasteiger partial charge in [-0.3, -0.25) is 4.79 Å². The Bertz CT molecular complexity index is 61.1. The molecule has 0 radical (unpaired) electrons.